The third-order valence-electron chi connectivity index (χ3n) is 12.6. The molecule has 4 aliphatic rings. The third-order valence-corrected chi connectivity index (χ3v) is 13.9. The van der Waals surface area contributed by atoms with E-state index in [0.29, 0.717) is 29.0 Å². The minimum Gasteiger partial charge on any atom is -0.462 e. The smallest absolute Gasteiger partial charge is 0.306 e. The molecule has 1 amide bonds. The minimum absolute atomic E-state index is 0.0243. The lowest BCUT2D eigenvalue weighted by atomic mass is 9.46. The number of hydrogen-bond donors (Lipinski definition) is 0. The second-order valence-corrected chi connectivity index (χ2v) is 18.2. The summed E-state index contributed by atoms with van der Waals surface area (Å²) in [5.41, 5.74) is 0.556. The predicted molar refractivity (Wildman–Crippen MR) is 178 cm³/mol. The number of piperidine rings is 1. The molecule has 0 aromatic carbocycles. The number of fused-ring (bicyclic) bond motifs is 5. The molecule has 3 saturated carbocycles. The van der Waals surface area contributed by atoms with Gasteiger partial charge in [-0.05, 0) is 99.0 Å². The van der Waals surface area contributed by atoms with Crippen LogP contribution >= 0.6 is 11.8 Å². The lowest BCUT2D eigenvalue weighted by Gasteiger charge is -2.62. The van der Waals surface area contributed by atoms with Crippen LogP contribution in [-0.4, -0.2) is 46.5 Å². The molecule has 0 radical (unpaired) electrons. The Morgan fingerprint density at radius 1 is 0.881 bits per heavy atom. The van der Waals surface area contributed by atoms with Gasteiger partial charge in [0.15, 0.2) is 0 Å². The summed E-state index contributed by atoms with van der Waals surface area (Å²) in [6, 6.07) is 0.425. The minimum atomic E-state index is 0.0243. The normalized spacial score (nSPS) is 35.4. The summed E-state index contributed by atoms with van der Waals surface area (Å²) >= 11 is 2.09. The number of likely N-dealkylation sites (tertiary alicyclic amines) is 1. The quantitative estimate of drug-likeness (QED) is 0.146. The number of thioether (sulfide) groups is 1. The van der Waals surface area contributed by atoms with Crippen molar-refractivity contribution >= 4 is 23.6 Å². The standard InChI is InChI=1S/C37H65NO3S/c1-27(41-34(40)17-15-13-11-9-8-10-12-14-16-26-42-35(2,3)4)29-19-20-30-28-18-21-32-37(6,25-23-33(39)38(32)7)31(28)22-24-36(29,30)5/h27-32H,8-26H2,1-7H3/t27?,28-,29+,30-,31-,32+,36+,37+/m0/s1. The predicted octanol–water partition coefficient (Wildman–Crippen LogP) is 9.83. The van der Waals surface area contributed by atoms with Crippen molar-refractivity contribution in [1.82, 2.24) is 4.90 Å². The molecule has 42 heavy (non-hydrogen) atoms. The van der Waals surface area contributed by atoms with Crippen LogP contribution in [0.2, 0.25) is 0 Å². The molecule has 242 valence electrons. The average Bonchev–Trinajstić information content (AvgIpc) is 3.28. The molecule has 4 fully saturated rings. The van der Waals surface area contributed by atoms with E-state index < -0.39 is 0 Å². The first kappa shape index (κ1) is 34.2. The largest absolute Gasteiger partial charge is 0.462 e. The monoisotopic (exact) mass is 603 g/mol. The molecule has 1 aliphatic heterocycles. The molecule has 3 aliphatic carbocycles. The van der Waals surface area contributed by atoms with Gasteiger partial charge in [0.2, 0.25) is 5.91 Å². The van der Waals surface area contributed by atoms with E-state index in [4.69, 9.17) is 4.74 Å². The molecule has 0 N–H and O–H groups in total. The van der Waals surface area contributed by atoms with Crippen molar-refractivity contribution in [3.8, 4) is 0 Å². The zero-order valence-electron chi connectivity index (χ0n) is 28.5. The van der Waals surface area contributed by atoms with Crippen molar-refractivity contribution in [3.05, 3.63) is 0 Å². The fourth-order valence-electron chi connectivity index (χ4n) is 10.3. The summed E-state index contributed by atoms with van der Waals surface area (Å²) in [7, 11) is 2.05. The number of nitrogens with zero attached hydrogens (tertiary/aromatic N) is 1. The summed E-state index contributed by atoms with van der Waals surface area (Å²) in [5, 5.41) is 0. The fourth-order valence-corrected chi connectivity index (χ4v) is 11.3. The van der Waals surface area contributed by atoms with Gasteiger partial charge in [-0.1, -0.05) is 79.6 Å². The van der Waals surface area contributed by atoms with Gasteiger partial charge < -0.3 is 9.64 Å². The van der Waals surface area contributed by atoms with Gasteiger partial charge in [-0.15, -0.1) is 0 Å². The molecule has 8 atom stereocenters. The topological polar surface area (TPSA) is 46.6 Å². The summed E-state index contributed by atoms with van der Waals surface area (Å²) in [5.74, 6) is 4.40. The van der Waals surface area contributed by atoms with E-state index in [2.05, 4.69) is 65.3 Å². The highest BCUT2D eigenvalue weighted by Gasteiger charge is 2.61. The number of amides is 1. The molecule has 0 aromatic heterocycles. The highest BCUT2D eigenvalue weighted by atomic mass is 32.2. The zero-order chi connectivity index (χ0) is 30.5. The highest BCUT2D eigenvalue weighted by molar-refractivity contribution is 8.00. The second-order valence-electron chi connectivity index (χ2n) is 16.3. The van der Waals surface area contributed by atoms with E-state index in [1.165, 1.54) is 89.2 Å². The number of unbranched alkanes of at least 4 members (excludes halogenated alkanes) is 8. The first-order valence-corrected chi connectivity index (χ1v) is 18.9. The van der Waals surface area contributed by atoms with Crippen LogP contribution in [0.15, 0.2) is 0 Å². The molecular weight excluding hydrogens is 538 g/mol. The molecule has 0 aromatic rings. The first-order chi connectivity index (χ1) is 19.9. The molecule has 4 rings (SSSR count). The van der Waals surface area contributed by atoms with Crippen LogP contribution in [-0.2, 0) is 14.3 Å². The lowest BCUT2D eigenvalue weighted by molar-refractivity contribution is -0.164. The number of hydrogen-bond acceptors (Lipinski definition) is 4. The van der Waals surface area contributed by atoms with E-state index in [0.717, 1.165) is 43.4 Å². The van der Waals surface area contributed by atoms with E-state index in [9.17, 15) is 9.59 Å². The van der Waals surface area contributed by atoms with Crippen LogP contribution in [0, 0.1) is 34.5 Å². The third kappa shape index (κ3) is 7.92. The molecule has 1 unspecified atom stereocenters. The lowest BCUT2D eigenvalue weighted by Crippen LogP contribution is -2.61. The van der Waals surface area contributed by atoms with Crippen LogP contribution in [0.5, 0.6) is 0 Å². The average molecular weight is 604 g/mol. The summed E-state index contributed by atoms with van der Waals surface area (Å²) in [6.07, 6.45) is 21.3. The molecular formula is C37H65NO3S. The van der Waals surface area contributed by atoms with E-state index in [1.807, 2.05) is 0 Å². The Morgan fingerprint density at radius 2 is 1.50 bits per heavy atom. The number of carbonyl (C=O) groups excluding carboxylic acids is 2. The van der Waals surface area contributed by atoms with Gasteiger partial charge in [-0.25, -0.2) is 0 Å². The first-order valence-electron chi connectivity index (χ1n) is 18.0. The van der Waals surface area contributed by atoms with Crippen molar-refractivity contribution in [3.63, 3.8) is 0 Å². The molecule has 4 nitrogen and oxygen atoms in total. The Morgan fingerprint density at radius 3 is 2.17 bits per heavy atom. The van der Waals surface area contributed by atoms with Gasteiger partial charge in [0.1, 0.15) is 6.10 Å². The van der Waals surface area contributed by atoms with Crippen LogP contribution < -0.4 is 0 Å². The van der Waals surface area contributed by atoms with Crippen LogP contribution in [0.1, 0.15) is 157 Å². The summed E-state index contributed by atoms with van der Waals surface area (Å²) in [4.78, 5) is 27.4. The van der Waals surface area contributed by atoms with Gasteiger partial charge in [-0.3, -0.25) is 9.59 Å². The fraction of sp³-hybridized carbons (Fsp3) is 0.946. The van der Waals surface area contributed by atoms with Crippen molar-refractivity contribution in [1.29, 1.82) is 0 Å². The Balaban J connectivity index is 1.13. The van der Waals surface area contributed by atoms with Crippen LogP contribution in [0.25, 0.3) is 0 Å². The van der Waals surface area contributed by atoms with Gasteiger partial charge in [0.25, 0.3) is 0 Å². The highest BCUT2D eigenvalue weighted by Crippen LogP contribution is 2.66. The SMILES string of the molecule is CC(OC(=O)CCCCCCCCCCCSC(C)(C)C)[C@H]1CC[C@H]2[C@@H]3CC[C@H]4N(C)C(=O)CC[C@]4(C)[C@H]3CC[C@]12C. The molecule has 0 spiro atoms. The van der Waals surface area contributed by atoms with Crippen molar-refractivity contribution in [2.75, 3.05) is 12.8 Å². The van der Waals surface area contributed by atoms with Crippen molar-refractivity contribution in [2.24, 2.45) is 34.5 Å². The maximum absolute atomic E-state index is 12.8. The summed E-state index contributed by atoms with van der Waals surface area (Å²) in [6.45, 7) is 14.1. The van der Waals surface area contributed by atoms with Crippen LogP contribution in [0.4, 0.5) is 0 Å². The molecule has 5 heteroatoms. The maximum Gasteiger partial charge on any atom is 0.306 e. The number of esters is 1. The Bertz CT molecular complexity index is 900. The maximum atomic E-state index is 12.8. The van der Waals surface area contributed by atoms with Crippen molar-refractivity contribution in [2.45, 2.75) is 174 Å². The number of carbonyl (C=O) groups is 2. The van der Waals surface area contributed by atoms with Gasteiger partial charge in [-0.2, -0.15) is 11.8 Å². The van der Waals surface area contributed by atoms with Crippen molar-refractivity contribution < 1.29 is 14.3 Å². The van der Waals surface area contributed by atoms with Gasteiger partial charge in [0.05, 0.1) is 0 Å². The van der Waals surface area contributed by atoms with Crippen LogP contribution in [0.3, 0.4) is 0 Å². The summed E-state index contributed by atoms with van der Waals surface area (Å²) < 4.78 is 6.54. The molecule has 0 bridgehead atoms. The second kappa shape index (κ2) is 14.6. The van der Waals surface area contributed by atoms with E-state index in [1.54, 1.807) is 0 Å². The van der Waals surface area contributed by atoms with Gasteiger partial charge in [0, 0.05) is 36.6 Å². The number of ether oxygens (including phenoxy) is 1. The Kier molecular flexibility index (Phi) is 11.9. The van der Waals surface area contributed by atoms with Gasteiger partial charge >= 0.3 is 5.97 Å². The number of rotatable bonds is 14. The molecule has 1 saturated heterocycles. The van der Waals surface area contributed by atoms with E-state index >= 15 is 0 Å². The molecule has 1 heterocycles. The Hall–Kier alpha value is -0.710. The van der Waals surface area contributed by atoms with E-state index in [-0.39, 0.29) is 22.9 Å². The Labute approximate surface area is 263 Å². The zero-order valence-corrected chi connectivity index (χ0v) is 29.3.